The SMILES string of the molecule is Cc1cc(-n2c(-c3ccc(C)c4c3oc3cc(F)ccc34)nc3ccccc32)cc(C)n1. The van der Waals surface area contributed by atoms with Crippen LogP contribution in [0.5, 0.6) is 0 Å². The molecule has 0 radical (unpaired) electrons. The summed E-state index contributed by atoms with van der Waals surface area (Å²) in [5.74, 6) is 0.464. The Morgan fingerprint density at radius 1 is 0.844 bits per heavy atom. The van der Waals surface area contributed by atoms with E-state index in [0.717, 1.165) is 55.8 Å². The minimum atomic E-state index is -0.314. The average molecular weight is 421 g/mol. The van der Waals surface area contributed by atoms with Gasteiger partial charge in [0.15, 0.2) is 0 Å². The Morgan fingerprint density at radius 2 is 1.62 bits per heavy atom. The molecule has 0 saturated heterocycles. The maximum atomic E-state index is 13.9. The second kappa shape index (κ2) is 6.76. The van der Waals surface area contributed by atoms with E-state index in [-0.39, 0.29) is 5.82 Å². The van der Waals surface area contributed by atoms with Crippen molar-refractivity contribution in [1.82, 2.24) is 14.5 Å². The van der Waals surface area contributed by atoms with Crippen molar-refractivity contribution in [3.05, 3.63) is 89.5 Å². The van der Waals surface area contributed by atoms with Crippen molar-refractivity contribution in [2.75, 3.05) is 0 Å². The molecule has 0 unspecified atom stereocenters. The Kier molecular flexibility index (Phi) is 3.96. The van der Waals surface area contributed by atoms with E-state index in [1.807, 2.05) is 45.0 Å². The number of furan rings is 1. The van der Waals surface area contributed by atoms with E-state index in [1.54, 1.807) is 6.07 Å². The van der Waals surface area contributed by atoms with Crippen LogP contribution in [0.2, 0.25) is 0 Å². The topological polar surface area (TPSA) is 43.9 Å². The van der Waals surface area contributed by atoms with Crippen LogP contribution in [-0.2, 0) is 0 Å². The fraction of sp³-hybridized carbons (Fsp3) is 0.111. The highest BCUT2D eigenvalue weighted by Gasteiger charge is 2.21. The average Bonchev–Trinajstić information content (AvgIpc) is 3.32. The number of nitrogens with zero attached hydrogens (tertiary/aromatic N) is 3. The van der Waals surface area contributed by atoms with Crippen LogP contribution in [0.15, 0.2) is 71.1 Å². The Hall–Kier alpha value is -3.99. The van der Waals surface area contributed by atoms with E-state index in [9.17, 15) is 4.39 Å². The van der Waals surface area contributed by atoms with Crippen molar-refractivity contribution >= 4 is 33.0 Å². The van der Waals surface area contributed by atoms with Gasteiger partial charge in [-0.15, -0.1) is 0 Å². The molecule has 5 heteroatoms. The van der Waals surface area contributed by atoms with Gasteiger partial charge in [-0.1, -0.05) is 18.2 Å². The quantitative estimate of drug-likeness (QED) is 0.301. The van der Waals surface area contributed by atoms with Crippen LogP contribution >= 0.6 is 0 Å². The van der Waals surface area contributed by atoms with Gasteiger partial charge in [0.25, 0.3) is 0 Å². The predicted molar refractivity (Wildman–Crippen MR) is 126 cm³/mol. The van der Waals surface area contributed by atoms with E-state index >= 15 is 0 Å². The number of fused-ring (bicyclic) bond motifs is 4. The summed E-state index contributed by atoms with van der Waals surface area (Å²) in [6, 6.07) is 21.0. The number of hydrogen-bond acceptors (Lipinski definition) is 3. The lowest BCUT2D eigenvalue weighted by atomic mass is 10.0. The van der Waals surface area contributed by atoms with Crippen LogP contribution in [-0.4, -0.2) is 14.5 Å². The van der Waals surface area contributed by atoms with Crippen LogP contribution in [0.1, 0.15) is 17.0 Å². The van der Waals surface area contributed by atoms with E-state index in [4.69, 9.17) is 9.40 Å². The van der Waals surface area contributed by atoms with Gasteiger partial charge in [-0.25, -0.2) is 9.37 Å². The van der Waals surface area contributed by atoms with Crippen LogP contribution < -0.4 is 0 Å². The number of aromatic nitrogens is 3. The molecule has 32 heavy (non-hydrogen) atoms. The third-order valence-corrected chi connectivity index (χ3v) is 5.92. The first kappa shape index (κ1) is 18.8. The number of rotatable bonds is 2. The fourth-order valence-electron chi connectivity index (χ4n) is 4.60. The minimum absolute atomic E-state index is 0.314. The van der Waals surface area contributed by atoms with Gasteiger partial charge in [-0.05, 0) is 68.8 Å². The van der Waals surface area contributed by atoms with Crippen molar-refractivity contribution in [2.24, 2.45) is 0 Å². The summed E-state index contributed by atoms with van der Waals surface area (Å²) in [6.45, 7) is 6.03. The molecule has 0 bridgehead atoms. The summed E-state index contributed by atoms with van der Waals surface area (Å²) < 4.78 is 22.3. The standard InChI is InChI=1S/C27H20FN3O/c1-15-8-10-21(26-25(15)20-11-9-18(28)14-24(20)32-26)27-30-22-6-4-5-7-23(22)31(27)19-12-16(2)29-17(3)13-19/h4-14H,1-3H3. The summed E-state index contributed by atoms with van der Waals surface area (Å²) in [5, 5.41) is 1.89. The predicted octanol–water partition coefficient (Wildman–Crippen LogP) is 7.05. The summed E-state index contributed by atoms with van der Waals surface area (Å²) >= 11 is 0. The highest BCUT2D eigenvalue weighted by Crippen LogP contribution is 2.39. The molecule has 0 spiro atoms. The monoisotopic (exact) mass is 421 g/mol. The number of hydrogen-bond donors (Lipinski definition) is 0. The molecular formula is C27H20FN3O. The van der Waals surface area contributed by atoms with Crippen LogP contribution in [0.3, 0.4) is 0 Å². The van der Waals surface area contributed by atoms with E-state index in [2.05, 4.69) is 33.8 Å². The second-order valence-electron chi connectivity index (χ2n) is 8.24. The van der Waals surface area contributed by atoms with Gasteiger partial charge in [0, 0.05) is 28.2 Å². The molecule has 0 N–H and O–H groups in total. The largest absolute Gasteiger partial charge is 0.455 e. The molecule has 6 aromatic rings. The van der Waals surface area contributed by atoms with E-state index < -0.39 is 0 Å². The lowest BCUT2D eigenvalue weighted by Gasteiger charge is -2.12. The third-order valence-electron chi connectivity index (χ3n) is 5.92. The molecule has 0 aliphatic heterocycles. The summed E-state index contributed by atoms with van der Waals surface area (Å²) in [6.07, 6.45) is 0. The number of halogens is 1. The molecule has 0 aliphatic rings. The third kappa shape index (κ3) is 2.74. The molecule has 0 saturated carbocycles. The smallest absolute Gasteiger partial charge is 0.149 e. The molecule has 3 aromatic carbocycles. The van der Waals surface area contributed by atoms with Crippen molar-refractivity contribution in [3.8, 4) is 17.1 Å². The molecule has 4 nitrogen and oxygen atoms in total. The number of para-hydroxylation sites is 2. The number of pyridine rings is 1. The van der Waals surface area contributed by atoms with Gasteiger partial charge in [-0.3, -0.25) is 9.55 Å². The van der Waals surface area contributed by atoms with Crippen LogP contribution in [0.4, 0.5) is 4.39 Å². The lowest BCUT2D eigenvalue weighted by molar-refractivity contribution is 0.618. The zero-order valence-electron chi connectivity index (χ0n) is 18.0. The molecule has 0 aliphatic carbocycles. The molecule has 156 valence electrons. The van der Waals surface area contributed by atoms with Crippen molar-refractivity contribution in [1.29, 1.82) is 0 Å². The van der Waals surface area contributed by atoms with E-state index in [0.29, 0.717) is 11.2 Å². The van der Waals surface area contributed by atoms with Gasteiger partial charge < -0.3 is 4.42 Å². The number of imidazole rings is 1. The summed E-state index contributed by atoms with van der Waals surface area (Å²) in [7, 11) is 0. The second-order valence-corrected chi connectivity index (χ2v) is 8.24. The molecule has 3 heterocycles. The molecular weight excluding hydrogens is 401 g/mol. The molecule has 0 amide bonds. The van der Waals surface area contributed by atoms with Gasteiger partial charge in [-0.2, -0.15) is 0 Å². The van der Waals surface area contributed by atoms with Gasteiger partial charge in [0.1, 0.15) is 22.8 Å². The zero-order chi connectivity index (χ0) is 22.0. The van der Waals surface area contributed by atoms with Crippen molar-refractivity contribution in [3.63, 3.8) is 0 Å². The van der Waals surface area contributed by atoms with Crippen LogP contribution in [0.25, 0.3) is 50.0 Å². The first-order valence-electron chi connectivity index (χ1n) is 10.5. The highest BCUT2D eigenvalue weighted by atomic mass is 19.1. The fourth-order valence-corrected chi connectivity index (χ4v) is 4.60. The Labute approximate surface area is 184 Å². The summed E-state index contributed by atoms with van der Waals surface area (Å²) in [4.78, 5) is 9.53. The maximum absolute atomic E-state index is 13.9. The van der Waals surface area contributed by atoms with Gasteiger partial charge in [0.2, 0.25) is 0 Å². The first-order valence-corrected chi connectivity index (χ1v) is 10.5. The normalized spacial score (nSPS) is 11.8. The number of aryl methyl sites for hydroxylation is 3. The Balaban J connectivity index is 1.75. The highest BCUT2D eigenvalue weighted by molar-refractivity contribution is 6.11. The molecule has 0 fully saturated rings. The zero-order valence-corrected chi connectivity index (χ0v) is 18.0. The number of benzene rings is 3. The van der Waals surface area contributed by atoms with E-state index in [1.165, 1.54) is 12.1 Å². The maximum Gasteiger partial charge on any atom is 0.149 e. The van der Waals surface area contributed by atoms with Gasteiger partial charge in [0.05, 0.1) is 22.3 Å². The lowest BCUT2D eigenvalue weighted by Crippen LogP contribution is -2.00. The molecule has 0 atom stereocenters. The van der Waals surface area contributed by atoms with Crippen LogP contribution in [0, 0.1) is 26.6 Å². The van der Waals surface area contributed by atoms with Crippen molar-refractivity contribution in [2.45, 2.75) is 20.8 Å². The van der Waals surface area contributed by atoms with Gasteiger partial charge >= 0.3 is 0 Å². The Bertz CT molecular complexity index is 1660. The Morgan fingerprint density at radius 3 is 2.44 bits per heavy atom. The molecule has 6 rings (SSSR count). The van der Waals surface area contributed by atoms with Crippen molar-refractivity contribution < 1.29 is 8.81 Å². The summed E-state index contributed by atoms with van der Waals surface area (Å²) in [5.41, 5.74) is 7.97. The first-order chi connectivity index (χ1) is 15.5. The molecule has 3 aromatic heterocycles. The minimum Gasteiger partial charge on any atom is -0.455 e.